The van der Waals surface area contributed by atoms with E-state index in [1.807, 2.05) is 13.0 Å². The lowest BCUT2D eigenvalue weighted by atomic mass is 10.1. The molecule has 2 aliphatic rings. The maximum absolute atomic E-state index is 5.68. The Labute approximate surface area is 143 Å². The predicted molar refractivity (Wildman–Crippen MR) is 96.0 cm³/mol. The van der Waals surface area contributed by atoms with Gasteiger partial charge in [0.25, 0.3) is 0 Å². The van der Waals surface area contributed by atoms with Crippen LogP contribution >= 0.6 is 0 Å². The summed E-state index contributed by atoms with van der Waals surface area (Å²) in [6.07, 6.45) is 3.62. The molecule has 1 aromatic carbocycles. The molecule has 1 fully saturated rings. The third kappa shape index (κ3) is 2.96. The Bertz CT molecular complexity index is 727. The largest absolute Gasteiger partial charge is 0.376 e. The zero-order chi connectivity index (χ0) is 16.5. The zero-order valence-corrected chi connectivity index (χ0v) is 14.3. The van der Waals surface area contributed by atoms with E-state index in [1.54, 1.807) is 0 Å². The number of hydrogen-bond acceptors (Lipinski definition) is 5. The number of nitrogens with one attached hydrogen (secondary N) is 1. The van der Waals surface area contributed by atoms with Crippen LogP contribution in [0.2, 0.25) is 0 Å². The predicted octanol–water partition coefficient (Wildman–Crippen LogP) is 3.46. The van der Waals surface area contributed by atoms with Crippen LogP contribution in [0.5, 0.6) is 0 Å². The molecule has 0 bridgehead atoms. The molecule has 4 rings (SSSR count). The number of ether oxygens (including phenoxy) is 1. The number of aryl methyl sites for hydroxylation is 1. The standard InChI is InChI=1S/C19H24N4O/c1-13-10-18(20-12-16-7-5-9-24-16)22-19(21-13)23-14(2)11-15-6-3-4-8-17(15)23/h3-4,6,8,10,14,16H,5,7,9,11-12H2,1-2H3,(H,20,21,22). The maximum Gasteiger partial charge on any atom is 0.232 e. The van der Waals surface area contributed by atoms with Gasteiger partial charge in [0.2, 0.25) is 5.95 Å². The van der Waals surface area contributed by atoms with Gasteiger partial charge in [-0.05, 0) is 44.7 Å². The quantitative estimate of drug-likeness (QED) is 0.933. The van der Waals surface area contributed by atoms with Crippen molar-refractivity contribution in [1.29, 1.82) is 0 Å². The van der Waals surface area contributed by atoms with Crippen LogP contribution in [0.15, 0.2) is 30.3 Å². The highest BCUT2D eigenvalue weighted by Gasteiger charge is 2.29. The number of fused-ring (bicyclic) bond motifs is 1. The van der Waals surface area contributed by atoms with E-state index in [1.165, 1.54) is 11.3 Å². The number of hydrogen-bond donors (Lipinski definition) is 1. The third-order valence-corrected chi connectivity index (χ3v) is 4.80. The molecule has 126 valence electrons. The molecule has 1 N–H and O–H groups in total. The fourth-order valence-corrected chi connectivity index (χ4v) is 3.65. The van der Waals surface area contributed by atoms with E-state index in [-0.39, 0.29) is 0 Å². The van der Waals surface area contributed by atoms with Gasteiger partial charge in [0.15, 0.2) is 0 Å². The Morgan fingerprint density at radius 1 is 1.29 bits per heavy atom. The fourth-order valence-electron chi connectivity index (χ4n) is 3.65. The Morgan fingerprint density at radius 3 is 3.00 bits per heavy atom. The number of rotatable bonds is 4. The van der Waals surface area contributed by atoms with Crippen molar-refractivity contribution < 1.29 is 4.74 Å². The van der Waals surface area contributed by atoms with Gasteiger partial charge in [0.05, 0.1) is 6.10 Å². The smallest absolute Gasteiger partial charge is 0.232 e. The summed E-state index contributed by atoms with van der Waals surface area (Å²) < 4.78 is 5.68. The van der Waals surface area contributed by atoms with Gasteiger partial charge in [-0.2, -0.15) is 4.98 Å². The SMILES string of the molecule is Cc1cc(NCC2CCCO2)nc(N2c3ccccc3CC2C)n1. The van der Waals surface area contributed by atoms with Gasteiger partial charge in [0.1, 0.15) is 5.82 Å². The van der Waals surface area contributed by atoms with Crippen molar-refractivity contribution in [3.63, 3.8) is 0 Å². The summed E-state index contributed by atoms with van der Waals surface area (Å²) in [5, 5.41) is 3.43. The van der Waals surface area contributed by atoms with Crippen LogP contribution in [0.25, 0.3) is 0 Å². The van der Waals surface area contributed by atoms with E-state index in [2.05, 4.69) is 46.4 Å². The molecule has 2 atom stereocenters. The molecule has 0 saturated carbocycles. The van der Waals surface area contributed by atoms with E-state index < -0.39 is 0 Å². The van der Waals surface area contributed by atoms with E-state index in [9.17, 15) is 0 Å². The lowest BCUT2D eigenvalue weighted by Crippen LogP contribution is -2.27. The van der Waals surface area contributed by atoms with Gasteiger partial charge < -0.3 is 15.0 Å². The average Bonchev–Trinajstić information content (AvgIpc) is 3.18. The molecule has 2 aliphatic heterocycles. The molecule has 0 aliphatic carbocycles. The first-order valence-corrected chi connectivity index (χ1v) is 8.79. The highest BCUT2D eigenvalue weighted by Crippen LogP contribution is 2.36. The number of aromatic nitrogens is 2. The topological polar surface area (TPSA) is 50.3 Å². The average molecular weight is 324 g/mol. The van der Waals surface area contributed by atoms with E-state index in [0.717, 1.165) is 49.9 Å². The Balaban J connectivity index is 1.59. The van der Waals surface area contributed by atoms with Crippen LogP contribution in [-0.2, 0) is 11.2 Å². The molecule has 3 heterocycles. The Hall–Kier alpha value is -2.14. The second-order valence-electron chi connectivity index (χ2n) is 6.76. The molecular weight excluding hydrogens is 300 g/mol. The van der Waals surface area contributed by atoms with Crippen LogP contribution < -0.4 is 10.2 Å². The normalized spacial score (nSPS) is 22.7. The van der Waals surface area contributed by atoms with Gasteiger partial charge in [-0.15, -0.1) is 0 Å². The molecule has 2 aromatic rings. The molecule has 0 radical (unpaired) electrons. The summed E-state index contributed by atoms with van der Waals surface area (Å²) in [6, 6.07) is 10.9. The second-order valence-corrected chi connectivity index (χ2v) is 6.76. The number of anilines is 3. The highest BCUT2D eigenvalue weighted by molar-refractivity contribution is 5.67. The molecule has 5 nitrogen and oxygen atoms in total. The first-order chi connectivity index (χ1) is 11.7. The summed E-state index contributed by atoms with van der Waals surface area (Å²) in [5.41, 5.74) is 3.57. The van der Waals surface area contributed by atoms with Crippen molar-refractivity contribution in [3.05, 3.63) is 41.6 Å². The Morgan fingerprint density at radius 2 is 2.17 bits per heavy atom. The third-order valence-electron chi connectivity index (χ3n) is 4.80. The molecule has 5 heteroatoms. The summed E-state index contributed by atoms with van der Waals surface area (Å²) in [7, 11) is 0. The second kappa shape index (κ2) is 6.40. The summed E-state index contributed by atoms with van der Waals surface area (Å²) in [5.74, 6) is 1.66. The zero-order valence-electron chi connectivity index (χ0n) is 14.3. The lowest BCUT2D eigenvalue weighted by molar-refractivity contribution is 0.120. The van der Waals surface area contributed by atoms with Crippen LogP contribution in [0, 0.1) is 6.92 Å². The van der Waals surface area contributed by atoms with Crippen molar-refractivity contribution in [1.82, 2.24) is 9.97 Å². The van der Waals surface area contributed by atoms with Gasteiger partial charge in [-0.3, -0.25) is 0 Å². The fraction of sp³-hybridized carbons (Fsp3) is 0.474. The first-order valence-electron chi connectivity index (χ1n) is 8.79. The van der Waals surface area contributed by atoms with Crippen LogP contribution in [0.3, 0.4) is 0 Å². The van der Waals surface area contributed by atoms with Crippen molar-refractivity contribution in [2.75, 3.05) is 23.4 Å². The Kier molecular flexibility index (Phi) is 4.10. The molecule has 0 spiro atoms. The van der Waals surface area contributed by atoms with E-state index in [4.69, 9.17) is 9.72 Å². The number of benzene rings is 1. The lowest BCUT2D eigenvalue weighted by Gasteiger charge is -2.23. The summed E-state index contributed by atoms with van der Waals surface area (Å²) in [4.78, 5) is 11.7. The van der Waals surface area contributed by atoms with Gasteiger partial charge in [-0.25, -0.2) is 4.98 Å². The molecular formula is C19H24N4O. The van der Waals surface area contributed by atoms with Crippen LogP contribution in [-0.4, -0.2) is 35.3 Å². The van der Waals surface area contributed by atoms with Crippen molar-refractivity contribution in [2.24, 2.45) is 0 Å². The van der Waals surface area contributed by atoms with Crippen molar-refractivity contribution >= 4 is 17.5 Å². The summed E-state index contributed by atoms with van der Waals surface area (Å²) in [6.45, 7) is 5.94. The molecule has 2 unspecified atom stereocenters. The van der Waals surface area contributed by atoms with Gasteiger partial charge >= 0.3 is 0 Å². The molecule has 1 saturated heterocycles. The minimum atomic E-state index is 0.301. The minimum absolute atomic E-state index is 0.301. The molecule has 1 aromatic heterocycles. The van der Waals surface area contributed by atoms with Crippen LogP contribution in [0.1, 0.15) is 31.0 Å². The van der Waals surface area contributed by atoms with Crippen molar-refractivity contribution in [2.45, 2.75) is 45.3 Å². The molecule has 0 amide bonds. The van der Waals surface area contributed by atoms with Crippen LogP contribution in [0.4, 0.5) is 17.5 Å². The van der Waals surface area contributed by atoms with E-state index in [0.29, 0.717) is 12.1 Å². The number of nitrogens with zero attached hydrogens (tertiary/aromatic N) is 3. The highest BCUT2D eigenvalue weighted by atomic mass is 16.5. The summed E-state index contributed by atoms with van der Waals surface area (Å²) >= 11 is 0. The van der Waals surface area contributed by atoms with Gasteiger partial charge in [0, 0.05) is 36.6 Å². The van der Waals surface area contributed by atoms with Crippen molar-refractivity contribution in [3.8, 4) is 0 Å². The maximum atomic E-state index is 5.68. The first kappa shape index (κ1) is 15.4. The monoisotopic (exact) mass is 324 g/mol. The van der Waals surface area contributed by atoms with Gasteiger partial charge in [-0.1, -0.05) is 18.2 Å². The van der Waals surface area contributed by atoms with E-state index >= 15 is 0 Å². The minimum Gasteiger partial charge on any atom is -0.376 e. The number of para-hydroxylation sites is 1. The molecule has 24 heavy (non-hydrogen) atoms.